The molecule has 0 aliphatic heterocycles. The molecule has 0 aliphatic rings. The van der Waals surface area contributed by atoms with Gasteiger partial charge in [-0.1, -0.05) is 0 Å². The molecule has 6 heteroatoms. The molecular weight excluding hydrogens is 438 g/mol. The van der Waals surface area contributed by atoms with E-state index in [1.54, 1.807) is 0 Å². The third-order valence-electron chi connectivity index (χ3n) is 0.557. The van der Waals surface area contributed by atoms with E-state index in [9.17, 15) is 4.79 Å². The number of hydrogen-bond acceptors (Lipinski definition) is 2. The van der Waals surface area contributed by atoms with Crippen molar-refractivity contribution in [3.8, 4) is 0 Å². The van der Waals surface area contributed by atoms with Gasteiger partial charge in [-0.2, -0.15) is 0 Å². The van der Waals surface area contributed by atoms with Crippen molar-refractivity contribution in [3.63, 3.8) is 0 Å². The van der Waals surface area contributed by atoms with Crippen LogP contribution in [0.15, 0.2) is 0 Å². The molecule has 10 heavy (non-hydrogen) atoms. The van der Waals surface area contributed by atoms with Crippen LogP contribution in [-0.2, 0) is 9.53 Å². The molecule has 0 heterocycles. The van der Waals surface area contributed by atoms with Gasteiger partial charge in [-0.05, 0) is 0 Å². The molecule has 0 saturated heterocycles. The van der Waals surface area contributed by atoms with Crippen molar-refractivity contribution in [2.45, 2.75) is 10.9 Å². The Bertz CT molecular complexity index is 71.5. The van der Waals surface area contributed by atoms with Gasteiger partial charge in [0.2, 0.25) is 0 Å². The summed E-state index contributed by atoms with van der Waals surface area (Å²) in [6.07, 6.45) is 0.578. The maximum absolute atomic E-state index is 10.2. The summed E-state index contributed by atoms with van der Waals surface area (Å²) < 4.78 is 5.32. The smallest absolute Gasteiger partial charge is 1.00 e. The minimum atomic E-state index is -0.100. The van der Waals surface area contributed by atoms with Gasteiger partial charge in [0.1, 0.15) is 0 Å². The van der Waals surface area contributed by atoms with E-state index in [0.29, 0.717) is 6.42 Å². The van der Waals surface area contributed by atoms with Crippen LogP contribution in [0.4, 0.5) is 0 Å². The van der Waals surface area contributed by atoms with E-state index >= 15 is 0 Å². The van der Waals surface area contributed by atoms with Gasteiger partial charge >= 0.3 is 56.0 Å². The molecule has 0 atom stereocenters. The predicted octanol–water partition coefficient (Wildman–Crippen LogP) is -8.85. The first kappa shape index (κ1) is 22.6. The summed E-state index contributed by atoms with van der Waals surface area (Å²) in [7, 11) is 1.41. The Labute approximate surface area is 106 Å². The zero-order valence-corrected chi connectivity index (χ0v) is 13.0. The average molecular weight is 446 g/mol. The van der Waals surface area contributed by atoms with Crippen LogP contribution in [0, 0.1) is 0 Å². The number of carbonyl (C=O) groups excluding carboxylic acids is 1. The summed E-state index contributed by atoms with van der Waals surface area (Å²) >= 11 is 1.39. The number of rotatable bonds is 2. The number of carbonyl (C=O) groups is 1. The molecule has 0 aromatic rings. The van der Waals surface area contributed by atoms with Crippen LogP contribution in [-0.4, -0.2) is 35.6 Å². The minimum Gasteiger partial charge on any atom is -1.00 e. The topological polar surface area (TPSA) is 26.3 Å². The first-order chi connectivity index (χ1) is 3.31. The van der Waals surface area contributed by atoms with E-state index < -0.39 is 0 Å². The predicted molar refractivity (Wildman–Crippen MR) is 27.2 cm³/mol. The normalized spacial score (nSPS) is 5.90. The van der Waals surface area contributed by atoms with Crippen molar-refractivity contribution >= 4 is 28.5 Å². The molecule has 0 aliphatic carbocycles. The molecule has 60 valence electrons. The number of methoxy groups -OCH3 is 1. The molecule has 2 nitrogen and oxygen atoms in total. The zero-order chi connectivity index (χ0) is 5.70. The maximum Gasteiger partial charge on any atom is -1.00 e. The van der Waals surface area contributed by atoms with E-state index in [1.807, 2.05) is 0 Å². The Hall–Kier alpha value is 1.71. The summed E-state index contributed by atoms with van der Waals surface area (Å²) in [5.41, 5.74) is 0. The van der Waals surface area contributed by atoms with Crippen LogP contribution >= 0.6 is 0 Å². The molecule has 0 fully saturated rings. The van der Waals surface area contributed by atoms with Crippen LogP contribution in [0.1, 0.15) is 6.42 Å². The number of esters is 1. The Morgan fingerprint density at radius 3 is 1.90 bits per heavy atom. The van der Waals surface area contributed by atoms with E-state index in [4.69, 9.17) is 0 Å². The standard InChI is InChI=1S/C4H7O2.3BrH.Sn/c1-3-4(5)6-2;;;;/h1,3H2,2H3;3*1H;/q;;;;+3/p-3. The Morgan fingerprint density at radius 1 is 1.40 bits per heavy atom. The van der Waals surface area contributed by atoms with E-state index in [-0.39, 0.29) is 56.9 Å². The fourth-order valence-corrected chi connectivity index (χ4v) is 0.787. The number of hydrogen-bond donors (Lipinski definition) is 0. The van der Waals surface area contributed by atoms with Crippen LogP contribution in [0.2, 0.25) is 4.44 Å². The van der Waals surface area contributed by atoms with Crippen molar-refractivity contribution < 1.29 is 60.5 Å². The van der Waals surface area contributed by atoms with Crippen molar-refractivity contribution in [2.75, 3.05) is 7.11 Å². The fourth-order valence-electron chi connectivity index (χ4n) is 0.204. The van der Waals surface area contributed by atoms with E-state index in [1.165, 1.54) is 29.6 Å². The van der Waals surface area contributed by atoms with Crippen molar-refractivity contribution in [3.05, 3.63) is 0 Å². The molecule has 0 rings (SSSR count). The second-order valence-electron chi connectivity index (χ2n) is 1.08. The van der Waals surface area contributed by atoms with Gasteiger partial charge in [-0.25, -0.2) is 0 Å². The SMILES string of the molecule is COC(=O)C[CH2][Sn+3].[Br-].[Br-].[Br-]. The number of ether oxygens (including phenoxy) is 1. The molecule has 0 aromatic carbocycles. The van der Waals surface area contributed by atoms with Gasteiger partial charge in [-0.3, -0.25) is 0 Å². The second-order valence-corrected chi connectivity index (χ2v) is 2.50. The minimum absolute atomic E-state index is 0. The molecule has 0 spiro atoms. The van der Waals surface area contributed by atoms with Crippen molar-refractivity contribution in [1.82, 2.24) is 0 Å². The molecule has 0 aromatic heterocycles. The summed E-state index contributed by atoms with van der Waals surface area (Å²) in [5, 5.41) is 0. The van der Waals surface area contributed by atoms with Gasteiger partial charge in [0, 0.05) is 0 Å². The molecular formula is C4H7Br3O2Sn. The average Bonchev–Trinajstić information content (AvgIpc) is 1.68. The van der Waals surface area contributed by atoms with Gasteiger partial charge < -0.3 is 50.9 Å². The molecule has 0 saturated carbocycles. The molecule has 0 amide bonds. The molecule has 0 radical (unpaired) electrons. The Morgan fingerprint density at radius 2 is 1.80 bits per heavy atom. The summed E-state index contributed by atoms with van der Waals surface area (Å²) in [4.78, 5) is 10.2. The van der Waals surface area contributed by atoms with Gasteiger partial charge in [0.25, 0.3) is 0 Å². The molecule has 0 unspecified atom stereocenters. The summed E-state index contributed by atoms with van der Waals surface area (Å²) in [5.74, 6) is -0.100. The monoisotopic (exact) mass is 444 g/mol. The van der Waals surface area contributed by atoms with Gasteiger partial charge in [-0.15, -0.1) is 0 Å². The first-order valence-corrected chi connectivity index (χ1v) is 4.04. The third kappa shape index (κ3) is 16.4. The molecule has 0 N–H and O–H groups in total. The number of halogens is 3. The van der Waals surface area contributed by atoms with E-state index in [0.717, 1.165) is 4.44 Å². The van der Waals surface area contributed by atoms with Crippen molar-refractivity contribution in [2.24, 2.45) is 0 Å². The van der Waals surface area contributed by atoms with Crippen LogP contribution in [0.25, 0.3) is 0 Å². The summed E-state index contributed by atoms with van der Waals surface area (Å²) in [6, 6.07) is 0. The van der Waals surface area contributed by atoms with Gasteiger partial charge in [0.05, 0.1) is 0 Å². The van der Waals surface area contributed by atoms with Gasteiger partial charge in [0.15, 0.2) is 0 Å². The first-order valence-electron chi connectivity index (χ1n) is 2.02. The zero-order valence-electron chi connectivity index (χ0n) is 5.36. The Kier molecular flexibility index (Phi) is 38.4. The van der Waals surface area contributed by atoms with Crippen LogP contribution < -0.4 is 50.9 Å². The van der Waals surface area contributed by atoms with Crippen molar-refractivity contribution in [1.29, 1.82) is 0 Å². The molecule has 0 bridgehead atoms. The van der Waals surface area contributed by atoms with E-state index in [2.05, 4.69) is 4.74 Å². The quantitative estimate of drug-likeness (QED) is 0.312. The van der Waals surface area contributed by atoms with Crippen LogP contribution in [0.3, 0.4) is 0 Å². The van der Waals surface area contributed by atoms with Crippen LogP contribution in [0.5, 0.6) is 0 Å². The second kappa shape index (κ2) is 17.0. The maximum atomic E-state index is 10.2. The Balaban J connectivity index is -0.0000000600. The largest absolute Gasteiger partial charge is 1.00 e. The summed E-state index contributed by atoms with van der Waals surface area (Å²) in [6.45, 7) is 0. The fraction of sp³-hybridized carbons (Fsp3) is 0.750. The third-order valence-corrected chi connectivity index (χ3v) is 1.27.